The van der Waals surface area contributed by atoms with Crippen molar-refractivity contribution in [1.29, 1.82) is 0 Å². The average Bonchev–Trinajstić information content (AvgIpc) is 2.81. The van der Waals surface area contributed by atoms with Crippen molar-refractivity contribution >= 4 is 39.7 Å². The van der Waals surface area contributed by atoms with Crippen LogP contribution < -0.4 is 0 Å². The number of thioether (sulfide) groups is 1. The second-order valence-electron chi connectivity index (χ2n) is 4.68. The molecule has 0 aliphatic rings. The first kappa shape index (κ1) is 13.7. The van der Waals surface area contributed by atoms with Crippen LogP contribution in [0.3, 0.4) is 0 Å². The molecule has 1 aromatic carbocycles. The highest BCUT2D eigenvalue weighted by Crippen LogP contribution is 2.24. The normalized spacial score (nSPS) is 11.2. The van der Waals surface area contributed by atoms with Crippen molar-refractivity contribution in [3.63, 3.8) is 0 Å². The number of rotatable bonds is 3. The monoisotopic (exact) mass is 305 g/mol. The van der Waals surface area contributed by atoms with E-state index in [4.69, 9.17) is 0 Å². The third-order valence-electron chi connectivity index (χ3n) is 2.98. The minimum absolute atomic E-state index is 0.0255. The van der Waals surface area contributed by atoms with Crippen molar-refractivity contribution in [3.05, 3.63) is 24.0 Å². The zero-order valence-corrected chi connectivity index (χ0v) is 12.2. The minimum atomic E-state index is -0.333. The summed E-state index contributed by atoms with van der Waals surface area (Å²) in [7, 11) is 3.38. The predicted octanol–water partition coefficient (Wildman–Crippen LogP) is 1.83. The van der Waals surface area contributed by atoms with Crippen LogP contribution in [0.4, 0.5) is 4.39 Å². The van der Waals surface area contributed by atoms with Crippen molar-refractivity contribution in [3.8, 4) is 0 Å². The lowest BCUT2D eigenvalue weighted by Gasteiger charge is -2.08. The van der Waals surface area contributed by atoms with Gasteiger partial charge in [0, 0.05) is 25.0 Å². The van der Waals surface area contributed by atoms with Crippen LogP contribution in [0.2, 0.25) is 0 Å². The SMILES string of the molecule is CN(C)C(=O)CSc1nnc2c(n1)[nH]c1ccc(F)cc12. The molecule has 0 saturated heterocycles. The van der Waals surface area contributed by atoms with Crippen molar-refractivity contribution in [2.75, 3.05) is 19.8 Å². The fourth-order valence-corrected chi connectivity index (χ4v) is 2.61. The molecule has 21 heavy (non-hydrogen) atoms. The average molecular weight is 305 g/mol. The molecule has 2 heterocycles. The van der Waals surface area contributed by atoms with Gasteiger partial charge in [0.2, 0.25) is 11.1 Å². The quantitative estimate of drug-likeness (QED) is 0.747. The van der Waals surface area contributed by atoms with Crippen LogP contribution in [-0.2, 0) is 4.79 Å². The minimum Gasteiger partial charge on any atom is -0.348 e. The zero-order chi connectivity index (χ0) is 15.0. The van der Waals surface area contributed by atoms with Gasteiger partial charge in [-0.1, -0.05) is 11.8 Å². The van der Waals surface area contributed by atoms with Gasteiger partial charge in [0.05, 0.1) is 5.75 Å². The fourth-order valence-electron chi connectivity index (χ4n) is 1.85. The van der Waals surface area contributed by atoms with E-state index in [9.17, 15) is 9.18 Å². The molecule has 8 heteroatoms. The summed E-state index contributed by atoms with van der Waals surface area (Å²) in [5.41, 5.74) is 1.80. The van der Waals surface area contributed by atoms with Gasteiger partial charge in [-0.15, -0.1) is 10.2 Å². The van der Waals surface area contributed by atoms with E-state index < -0.39 is 0 Å². The molecule has 3 aromatic rings. The van der Waals surface area contributed by atoms with Crippen LogP contribution in [-0.4, -0.2) is 50.8 Å². The second-order valence-corrected chi connectivity index (χ2v) is 5.63. The van der Waals surface area contributed by atoms with E-state index in [2.05, 4.69) is 20.2 Å². The van der Waals surface area contributed by atoms with Gasteiger partial charge in [-0.2, -0.15) is 0 Å². The molecule has 0 aliphatic heterocycles. The lowest BCUT2D eigenvalue weighted by molar-refractivity contribution is -0.125. The van der Waals surface area contributed by atoms with Crippen LogP contribution in [0.25, 0.3) is 22.1 Å². The maximum absolute atomic E-state index is 13.3. The third-order valence-corrected chi connectivity index (χ3v) is 3.80. The molecule has 0 aliphatic carbocycles. The lowest BCUT2D eigenvalue weighted by atomic mass is 10.2. The van der Waals surface area contributed by atoms with E-state index in [-0.39, 0.29) is 17.5 Å². The number of nitrogens with one attached hydrogen (secondary N) is 1. The fraction of sp³-hybridized carbons (Fsp3) is 0.231. The maximum atomic E-state index is 13.3. The Morgan fingerprint density at radius 2 is 2.19 bits per heavy atom. The van der Waals surface area contributed by atoms with E-state index in [1.807, 2.05) is 0 Å². The first-order valence-corrected chi connectivity index (χ1v) is 7.18. The van der Waals surface area contributed by atoms with E-state index in [1.165, 1.54) is 28.8 Å². The summed E-state index contributed by atoms with van der Waals surface area (Å²) in [6, 6.07) is 4.40. The van der Waals surface area contributed by atoms with Crippen LogP contribution in [0.1, 0.15) is 0 Å². The standard InChI is InChI=1S/C13H12FN5OS/c1-19(2)10(20)6-21-13-16-12-11(17-18-13)8-5-7(14)3-4-9(8)15-12/h3-5H,6H2,1-2H3,(H,15,16,18). The first-order valence-electron chi connectivity index (χ1n) is 6.19. The van der Waals surface area contributed by atoms with Crippen molar-refractivity contribution in [2.45, 2.75) is 5.16 Å². The lowest BCUT2D eigenvalue weighted by Crippen LogP contribution is -2.23. The Kier molecular flexibility index (Phi) is 3.46. The Hall–Kier alpha value is -2.22. The topological polar surface area (TPSA) is 74.8 Å². The largest absolute Gasteiger partial charge is 0.348 e. The number of aromatic amines is 1. The summed E-state index contributed by atoms with van der Waals surface area (Å²) >= 11 is 1.21. The van der Waals surface area contributed by atoms with Gasteiger partial charge in [-0.05, 0) is 18.2 Å². The molecule has 0 radical (unpaired) electrons. The first-order chi connectivity index (χ1) is 10.0. The van der Waals surface area contributed by atoms with Crippen LogP contribution in [0, 0.1) is 5.82 Å². The number of hydrogen-bond donors (Lipinski definition) is 1. The molecular weight excluding hydrogens is 293 g/mol. The number of carbonyl (C=O) groups excluding carboxylic acids is 1. The summed E-state index contributed by atoms with van der Waals surface area (Å²) in [6.07, 6.45) is 0. The maximum Gasteiger partial charge on any atom is 0.232 e. The summed E-state index contributed by atoms with van der Waals surface area (Å²) in [4.78, 5) is 20.4. The van der Waals surface area contributed by atoms with Crippen LogP contribution in [0.5, 0.6) is 0 Å². The van der Waals surface area contributed by atoms with E-state index in [1.54, 1.807) is 20.2 Å². The summed E-state index contributed by atoms with van der Waals surface area (Å²) in [5.74, 6) is -0.114. The van der Waals surface area contributed by atoms with Gasteiger partial charge in [0.1, 0.15) is 11.3 Å². The Morgan fingerprint density at radius 1 is 1.38 bits per heavy atom. The summed E-state index contributed by atoms with van der Waals surface area (Å²) in [5, 5.41) is 9.11. The molecule has 0 fully saturated rings. The number of H-pyrrole nitrogens is 1. The number of fused-ring (bicyclic) bond motifs is 3. The number of aromatic nitrogens is 4. The van der Waals surface area contributed by atoms with Crippen molar-refractivity contribution < 1.29 is 9.18 Å². The molecule has 0 spiro atoms. The number of hydrogen-bond acceptors (Lipinski definition) is 5. The number of nitrogens with zero attached hydrogens (tertiary/aromatic N) is 4. The molecule has 0 atom stereocenters. The molecule has 1 N–H and O–H groups in total. The molecule has 108 valence electrons. The second kappa shape index (κ2) is 5.28. The third kappa shape index (κ3) is 2.66. The highest BCUT2D eigenvalue weighted by atomic mass is 32.2. The van der Waals surface area contributed by atoms with E-state index in [0.29, 0.717) is 21.7 Å². The molecule has 0 bridgehead atoms. The Balaban J connectivity index is 1.93. The Bertz CT molecular complexity index is 832. The van der Waals surface area contributed by atoms with Gasteiger partial charge >= 0.3 is 0 Å². The summed E-state index contributed by atoms with van der Waals surface area (Å²) < 4.78 is 13.3. The summed E-state index contributed by atoms with van der Waals surface area (Å²) in [6.45, 7) is 0. The van der Waals surface area contributed by atoms with Crippen molar-refractivity contribution in [2.24, 2.45) is 0 Å². The highest BCUT2D eigenvalue weighted by molar-refractivity contribution is 7.99. The molecule has 6 nitrogen and oxygen atoms in total. The number of amides is 1. The Morgan fingerprint density at radius 3 is 2.95 bits per heavy atom. The molecule has 2 aromatic heterocycles. The molecule has 1 amide bonds. The van der Waals surface area contributed by atoms with Crippen molar-refractivity contribution in [1.82, 2.24) is 25.1 Å². The van der Waals surface area contributed by atoms with E-state index in [0.717, 1.165) is 5.52 Å². The molecule has 0 unspecified atom stereocenters. The van der Waals surface area contributed by atoms with Gasteiger partial charge < -0.3 is 9.88 Å². The molecular formula is C13H12FN5OS. The Labute approximate surface area is 123 Å². The number of carbonyl (C=O) groups is 1. The van der Waals surface area contributed by atoms with Gasteiger partial charge in [-0.25, -0.2) is 9.37 Å². The number of halogens is 1. The van der Waals surface area contributed by atoms with Gasteiger partial charge in [0.15, 0.2) is 5.65 Å². The highest BCUT2D eigenvalue weighted by Gasteiger charge is 2.12. The van der Waals surface area contributed by atoms with Crippen LogP contribution >= 0.6 is 11.8 Å². The van der Waals surface area contributed by atoms with Gasteiger partial charge in [0.25, 0.3) is 0 Å². The van der Waals surface area contributed by atoms with Gasteiger partial charge in [-0.3, -0.25) is 4.79 Å². The zero-order valence-electron chi connectivity index (χ0n) is 11.4. The molecule has 3 rings (SSSR count). The van der Waals surface area contributed by atoms with E-state index >= 15 is 0 Å². The molecule has 0 saturated carbocycles. The number of benzene rings is 1. The smallest absolute Gasteiger partial charge is 0.232 e. The predicted molar refractivity (Wildman–Crippen MR) is 78.6 cm³/mol. The van der Waals surface area contributed by atoms with Crippen LogP contribution in [0.15, 0.2) is 23.4 Å².